The van der Waals surface area contributed by atoms with E-state index < -0.39 is 42.2 Å². The van der Waals surface area contributed by atoms with Gasteiger partial charge in [0, 0.05) is 11.8 Å². The van der Waals surface area contributed by atoms with Gasteiger partial charge in [-0.3, -0.25) is 9.69 Å². The van der Waals surface area contributed by atoms with Crippen molar-refractivity contribution >= 4 is 11.6 Å². The van der Waals surface area contributed by atoms with Gasteiger partial charge in [0.2, 0.25) is 0 Å². The van der Waals surface area contributed by atoms with Crippen molar-refractivity contribution < 1.29 is 36.6 Å². The highest BCUT2D eigenvalue weighted by atomic mass is 19.4. The number of alkyl halides is 5. The van der Waals surface area contributed by atoms with E-state index >= 15 is 0 Å². The first-order valence-electron chi connectivity index (χ1n) is 7.66. The standard InChI is InChI=1S/C17H10F5N3O3/c18-16(19,20)14(26)11-2-1-3-12-13(11)28-17(21,22)15(27)25(12)8-9-4-5-24-10(6-9)7-23/h1-6,14,26H,8H2/t14-/m1/s1. The van der Waals surface area contributed by atoms with Crippen LogP contribution in [-0.2, 0) is 11.3 Å². The van der Waals surface area contributed by atoms with Crippen LogP contribution < -0.4 is 9.64 Å². The lowest BCUT2D eigenvalue weighted by Gasteiger charge is -2.35. The van der Waals surface area contributed by atoms with E-state index in [1.165, 1.54) is 18.3 Å². The Hall–Kier alpha value is -3.26. The van der Waals surface area contributed by atoms with E-state index in [9.17, 15) is 31.9 Å². The minimum atomic E-state index is -5.13. The molecule has 0 radical (unpaired) electrons. The number of para-hydroxylation sites is 1. The summed E-state index contributed by atoms with van der Waals surface area (Å²) in [6.07, 6.45) is -11.4. The van der Waals surface area contributed by atoms with Gasteiger partial charge in [0.15, 0.2) is 11.9 Å². The number of halogens is 5. The molecule has 2 heterocycles. The molecule has 0 saturated heterocycles. The molecule has 1 aliphatic heterocycles. The summed E-state index contributed by atoms with van der Waals surface area (Å²) < 4.78 is 71.1. The largest absolute Gasteiger partial charge is 0.483 e. The van der Waals surface area contributed by atoms with Gasteiger partial charge in [-0.25, -0.2) is 4.98 Å². The zero-order chi connectivity index (χ0) is 20.7. The lowest BCUT2D eigenvalue weighted by Crippen LogP contribution is -2.50. The fourth-order valence-electron chi connectivity index (χ4n) is 2.67. The fraction of sp³-hybridized carbons (Fsp3) is 0.235. The number of nitriles is 1. The number of benzene rings is 1. The van der Waals surface area contributed by atoms with E-state index in [1.807, 2.05) is 0 Å². The summed E-state index contributed by atoms with van der Waals surface area (Å²) in [7, 11) is 0. The second-order valence-electron chi connectivity index (χ2n) is 5.81. The average molecular weight is 399 g/mol. The van der Waals surface area contributed by atoms with Crippen LogP contribution in [0.2, 0.25) is 0 Å². The summed E-state index contributed by atoms with van der Waals surface area (Å²) in [5.74, 6) is -2.75. The molecule has 2 aromatic rings. The van der Waals surface area contributed by atoms with Crippen molar-refractivity contribution in [2.45, 2.75) is 24.9 Å². The number of aliphatic hydroxyl groups is 1. The smallest absolute Gasteiger partial charge is 0.423 e. The summed E-state index contributed by atoms with van der Waals surface area (Å²) in [6, 6.07) is 7.31. The zero-order valence-corrected chi connectivity index (χ0v) is 13.7. The van der Waals surface area contributed by atoms with Gasteiger partial charge in [-0.2, -0.15) is 27.2 Å². The van der Waals surface area contributed by atoms with Gasteiger partial charge in [0.25, 0.3) is 0 Å². The first-order chi connectivity index (χ1) is 13.0. The number of aromatic nitrogens is 1. The molecule has 0 aliphatic carbocycles. The van der Waals surface area contributed by atoms with Crippen molar-refractivity contribution in [3.05, 3.63) is 53.3 Å². The Labute approximate surface area is 154 Å². The molecular formula is C17H10F5N3O3. The highest BCUT2D eigenvalue weighted by molar-refractivity contribution is 6.01. The molecule has 28 heavy (non-hydrogen) atoms. The molecule has 146 valence electrons. The topological polar surface area (TPSA) is 86.5 Å². The molecule has 0 saturated carbocycles. The average Bonchev–Trinajstić information content (AvgIpc) is 2.63. The SMILES string of the molecule is N#Cc1cc(CN2C(=O)C(F)(F)Oc3c([C@@H](O)C(F)(F)F)cccc32)ccn1. The maximum atomic E-state index is 14.1. The molecule has 1 aromatic carbocycles. The first kappa shape index (κ1) is 19.5. The number of nitrogens with zero attached hydrogens (tertiary/aromatic N) is 3. The van der Waals surface area contributed by atoms with Crippen LogP contribution in [0.1, 0.15) is 22.9 Å². The van der Waals surface area contributed by atoms with E-state index in [0.717, 1.165) is 18.2 Å². The van der Waals surface area contributed by atoms with E-state index in [0.29, 0.717) is 4.90 Å². The summed E-state index contributed by atoms with van der Waals surface area (Å²) in [4.78, 5) is 16.4. The molecular weight excluding hydrogens is 389 g/mol. The van der Waals surface area contributed by atoms with Crippen molar-refractivity contribution in [3.8, 4) is 11.8 Å². The molecule has 0 bridgehead atoms. The molecule has 1 aliphatic rings. The van der Waals surface area contributed by atoms with Gasteiger partial charge in [0.05, 0.1) is 12.2 Å². The lowest BCUT2D eigenvalue weighted by atomic mass is 10.0. The van der Waals surface area contributed by atoms with Crippen molar-refractivity contribution in [3.63, 3.8) is 0 Å². The number of anilines is 1. The van der Waals surface area contributed by atoms with Gasteiger partial charge in [-0.15, -0.1) is 0 Å². The number of aliphatic hydroxyl groups excluding tert-OH is 1. The number of fused-ring (bicyclic) bond motifs is 1. The number of pyridine rings is 1. The number of carbonyl (C=O) groups is 1. The van der Waals surface area contributed by atoms with E-state index in [4.69, 9.17) is 5.26 Å². The highest BCUT2D eigenvalue weighted by Crippen LogP contribution is 2.47. The number of amides is 1. The predicted octanol–water partition coefficient (Wildman–Crippen LogP) is 3.07. The highest BCUT2D eigenvalue weighted by Gasteiger charge is 2.52. The van der Waals surface area contributed by atoms with E-state index in [2.05, 4.69) is 9.72 Å². The summed E-state index contributed by atoms with van der Waals surface area (Å²) in [5, 5.41) is 18.4. The monoisotopic (exact) mass is 399 g/mol. The molecule has 0 unspecified atom stereocenters. The number of hydrogen-bond acceptors (Lipinski definition) is 5. The van der Waals surface area contributed by atoms with Gasteiger partial charge in [-0.1, -0.05) is 12.1 Å². The predicted molar refractivity (Wildman–Crippen MR) is 83.2 cm³/mol. The Kier molecular flexibility index (Phi) is 4.68. The van der Waals surface area contributed by atoms with Gasteiger partial charge >= 0.3 is 18.2 Å². The van der Waals surface area contributed by atoms with Crippen molar-refractivity contribution in [2.75, 3.05) is 4.90 Å². The Morgan fingerprint density at radius 2 is 2.04 bits per heavy atom. The number of hydrogen-bond donors (Lipinski definition) is 1. The van der Waals surface area contributed by atoms with Crippen LogP contribution in [0, 0.1) is 11.3 Å². The van der Waals surface area contributed by atoms with Crippen LogP contribution in [0.5, 0.6) is 5.75 Å². The lowest BCUT2D eigenvalue weighted by molar-refractivity contribution is -0.211. The zero-order valence-electron chi connectivity index (χ0n) is 13.7. The van der Waals surface area contributed by atoms with Crippen molar-refractivity contribution in [2.24, 2.45) is 0 Å². The second kappa shape index (κ2) is 6.72. The van der Waals surface area contributed by atoms with Crippen LogP contribution in [0.15, 0.2) is 36.5 Å². The third-order valence-corrected chi connectivity index (χ3v) is 3.92. The van der Waals surface area contributed by atoms with Crippen LogP contribution in [0.4, 0.5) is 27.6 Å². The first-order valence-corrected chi connectivity index (χ1v) is 7.66. The Bertz CT molecular complexity index is 971. The van der Waals surface area contributed by atoms with E-state index in [-0.39, 0.29) is 16.9 Å². The summed E-state index contributed by atoms with van der Waals surface area (Å²) in [5.41, 5.74) is -1.11. The van der Waals surface area contributed by atoms with Crippen LogP contribution in [-0.4, -0.2) is 28.3 Å². The molecule has 0 fully saturated rings. The van der Waals surface area contributed by atoms with Gasteiger partial charge < -0.3 is 9.84 Å². The molecule has 6 nitrogen and oxygen atoms in total. The number of rotatable bonds is 3. The fourth-order valence-corrected chi connectivity index (χ4v) is 2.67. The molecule has 11 heteroatoms. The normalized spacial score (nSPS) is 16.8. The van der Waals surface area contributed by atoms with Gasteiger partial charge in [-0.05, 0) is 23.8 Å². The Morgan fingerprint density at radius 1 is 1.32 bits per heavy atom. The van der Waals surface area contributed by atoms with Crippen LogP contribution in [0.25, 0.3) is 0 Å². The third kappa shape index (κ3) is 3.46. The molecule has 0 spiro atoms. The second-order valence-corrected chi connectivity index (χ2v) is 5.81. The van der Waals surface area contributed by atoms with Gasteiger partial charge in [0.1, 0.15) is 11.8 Å². The quantitative estimate of drug-likeness (QED) is 0.802. The van der Waals surface area contributed by atoms with Crippen LogP contribution in [0.3, 0.4) is 0 Å². The minimum Gasteiger partial charge on any atom is -0.423 e. The summed E-state index contributed by atoms with van der Waals surface area (Å²) >= 11 is 0. The Balaban J connectivity index is 2.10. The summed E-state index contributed by atoms with van der Waals surface area (Å²) in [6.45, 7) is -0.479. The van der Waals surface area contributed by atoms with Crippen LogP contribution >= 0.6 is 0 Å². The van der Waals surface area contributed by atoms with E-state index in [1.54, 1.807) is 6.07 Å². The number of carbonyl (C=O) groups excluding carboxylic acids is 1. The third-order valence-electron chi connectivity index (χ3n) is 3.92. The maximum Gasteiger partial charge on any atom is 0.483 e. The maximum absolute atomic E-state index is 14.1. The Morgan fingerprint density at radius 3 is 2.68 bits per heavy atom. The molecule has 1 amide bonds. The molecule has 1 atom stereocenters. The molecule has 3 rings (SSSR count). The van der Waals surface area contributed by atoms with Crippen molar-refractivity contribution in [1.82, 2.24) is 4.98 Å². The molecule has 1 N–H and O–H groups in total. The molecule has 1 aromatic heterocycles. The minimum absolute atomic E-state index is 0.0357. The van der Waals surface area contributed by atoms with Crippen molar-refractivity contribution in [1.29, 1.82) is 5.26 Å². The number of ether oxygens (including phenoxy) is 1.